The Morgan fingerprint density at radius 3 is 1.48 bits per heavy atom. The zero-order valence-electron chi connectivity index (χ0n) is 39.1. The zero-order chi connectivity index (χ0) is 41.9. The maximum atomic E-state index is 9.68. The van der Waals surface area contributed by atoms with Gasteiger partial charge in [0, 0.05) is 26.4 Å². The molecular formula is C52H96O6. The second-order valence-electron chi connectivity index (χ2n) is 19.4. The summed E-state index contributed by atoms with van der Waals surface area (Å²) in [4.78, 5) is 0. The van der Waals surface area contributed by atoms with Gasteiger partial charge >= 0.3 is 0 Å². The van der Waals surface area contributed by atoms with Crippen LogP contribution in [0.4, 0.5) is 0 Å². The highest BCUT2D eigenvalue weighted by Gasteiger charge is 2.23. The van der Waals surface area contributed by atoms with E-state index in [9.17, 15) is 5.11 Å². The number of aliphatic hydroxyl groups is 1. The number of benzene rings is 1. The van der Waals surface area contributed by atoms with E-state index in [1.165, 1.54) is 128 Å². The van der Waals surface area contributed by atoms with E-state index in [4.69, 9.17) is 23.7 Å². The highest BCUT2D eigenvalue weighted by atomic mass is 16.6. The van der Waals surface area contributed by atoms with Crippen molar-refractivity contribution >= 4 is 0 Å². The second-order valence-corrected chi connectivity index (χ2v) is 19.4. The number of hydrogen-bond acceptors (Lipinski definition) is 6. The maximum Gasteiger partial charge on any atom is 0.104 e. The molecule has 1 N–H and O–H groups in total. The predicted molar refractivity (Wildman–Crippen MR) is 245 cm³/mol. The minimum atomic E-state index is -0.182. The van der Waals surface area contributed by atoms with Crippen LogP contribution in [-0.2, 0) is 30.3 Å². The molecule has 0 aliphatic heterocycles. The fourth-order valence-electron chi connectivity index (χ4n) is 8.56. The van der Waals surface area contributed by atoms with Crippen molar-refractivity contribution in [1.82, 2.24) is 0 Å². The van der Waals surface area contributed by atoms with Crippen molar-refractivity contribution in [3.63, 3.8) is 0 Å². The van der Waals surface area contributed by atoms with E-state index in [1.54, 1.807) is 0 Å². The van der Waals surface area contributed by atoms with Crippen LogP contribution in [-0.4, -0.2) is 70.2 Å². The molecule has 6 heteroatoms. The Morgan fingerprint density at radius 2 is 0.966 bits per heavy atom. The first-order chi connectivity index (χ1) is 28.2. The van der Waals surface area contributed by atoms with Crippen LogP contribution in [0.2, 0.25) is 0 Å². The summed E-state index contributed by atoms with van der Waals surface area (Å²) in [6.45, 7) is 19.4. The van der Waals surface area contributed by atoms with Crippen LogP contribution in [0.25, 0.3) is 0 Å². The molecule has 0 unspecified atom stereocenters. The molecule has 1 aliphatic rings. The van der Waals surface area contributed by atoms with Crippen LogP contribution in [0.15, 0.2) is 30.3 Å². The number of unbranched alkanes of at least 4 members (excludes halogenated alkanes) is 8. The summed E-state index contributed by atoms with van der Waals surface area (Å²) in [7, 11) is 0. The van der Waals surface area contributed by atoms with E-state index in [0.717, 1.165) is 75.8 Å². The predicted octanol–water partition coefficient (Wildman–Crippen LogP) is 13.8. The van der Waals surface area contributed by atoms with Gasteiger partial charge in [0.1, 0.15) is 12.2 Å². The number of rotatable bonds is 41. The summed E-state index contributed by atoms with van der Waals surface area (Å²) < 4.78 is 30.3. The third kappa shape index (κ3) is 30.9. The highest BCUT2D eigenvalue weighted by Crippen LogP contribution is 2.37. The van der Waals surface area contributed by atoms with Crippen LogP contribution in [0.3, 0.4) is 0 Å². The highest BCUT2D eigenvalue weighted by molar-refractivity contribution is 5.13. The number of aliphatic hydroxyl groups excluding tert-OH is 1. The number of hydrogen-bond donors (Lipinski definition) is 1. The van der Waals surface area contributed by atoms with Gasteiger partial charge in [-0.05, 0) is 73.2 Å². The zero-order valence-corrected chi connectivity index (χ0v) is 39.1. The Kier molecular flexibility index (Phi) is 33.5. The van der Waals surface area contributed by atoms with Crippen molar-refractivity contribution in [3.05, 3.63) is 35.9 Å². The molecule has 1 fully saturated rings. The molecule has 0 saturated heterocycles. The van der Waals surface area contributed by atoms with E-state index < -0.39 is 0 Å². The third-order valence-corrected chi connectivity index (χ3v) is 12.6. The lowest BCUT2D eigenvalue weighted by atomic mass is 9.95. The van der Waals surface area contributed by atoms with Gasteiger partial charge in [0.25, 0.3) is 0 Å². The lowest BCUT2D eigenvalue weighted by Crippen LogP contribution is -2.27. The molecule has 6 atom stereocenters. The lowest BCUT2D eigenvalue weighted by molar-refractivity contribution is -0.0662. The minimum Gasteiger partial charge on any atom is -0.394 e. The molecule has 0 spiro atoms. The monoisotopic (exact) mass is 817 g/mol. The van der Waals surface area contributed by atoms with Crippen molar-refractivity contribution in [2.45, 2.75) is 208 Å². The van der Waals surface area contributed by atoms with Crippen molar-refractivity contribution in [3.8, 4) is 0 Å². The Balaban J connectivity index is 1.41. The molecule has 2 rings (SSSR count). The molecule has 0 heterocycles. The fourth-order valence-corrected chi connectivity index (χ4v) is 8.56. The van der Waals surface area contributed by atoms with Crippen LogP contribution >= 0.6 is 0 Å². The van der Waals surface area contributed by atoms with Crippen molar-refractivity contribution in [2.24, 2.45) is 35.5 Å². The standard InChI is InChI=1S/C52H96O6/c1-44(2)22-20-24-46(5)32-36-57-51(39-53)41-54-34-18-11-7-9-14-26-48-30-31-49(38-48)27-15-10-8-12-19-35-55-42-52(43-56-40-50-28-16-13-17-29-50)58-37-33-47(6)25-21-23-45(3)4/h13,16-17,28-29,44-49,51-53H,7-12,14-15,18-27,30-43H2,1-6H3/t46-,47-,48-,49+,51-,52+/m1/s1. The van der Waals surface area contributed by atoms with Crippen LogP contribution in [0, 0.1) is 35.5 Å². The minimum absolute atomic E-state index is 0.00198. The van der Waals surface area contributed by atoms with Gasteiger partial charge in [-0.3, -0.25) is 0 Å². The second kappa shape index (κ2) is 36.6. The molecule has 0 amide bonds. The van der Waals surface area contributed by atoms with Crippen LogP contribution in [0.1, 0.15) is 195 Å². The third-order valence-electron chi connectivity index (χ3n) is 12.6. The fraction of sp³-hybridized carbons (Fsp3) is 0.885. The summed E-state index contributed by atoms with van der Waals surface area (Å²) >= 11 is 0. The molecule has 1 saturated carbocycles. The lowest BCUT2D eigenvalue weighted by Gasteiger charge is -2.20. The molecule has 0 radical (unpaired) electrons. The summed E-state index contributed by atoms with van der Waals surface area (Å²) in [5.74, 6) is 4.91. The molecule has 0 aromatic heterocycles. The first-order valence-corrected chi connectivity index (χ1v) is 24.9. The molecule has 1 aromatic rings. The van der Waals surface area contributed by atoms with Crippen molar-refractivity contribution in [2.75, 3.05) is 52.9 Å². The van der Waals surface area contributed by atoms with Crippen LogP contribution in [0.5, 0.6) is 0 Å². The first-order valence-electron chi connectivity index (χ1n) is 24.9. The Morgan fingerprint density at radius 1 is 0.500 bits per heavy atom. The first kappa shape index (κ1) is 53.1. The van der Waals surface area contributed by atoms with Gasteiger partial charge in [-0.25, -0.2) is 0 Å². The summed E-state index contributed by atoms with van der Waals surface area (Å²) in [5, 5.41) is 9.68. The van der Waals surface area contributed by atoms with E-state index in [-0.39, 0.29) is 18.8 Å². The Bertz CT molecular complexity index is 1000. The van der Waals surface area contributed by atoms with Gasteiger partial charge < -0.3 is 28.8 Å². The molecule has 340 valence electrons. The average molecular weight is 817 g/mol. The summed E-state index contributed by atoms with van der Waals surface area (Å²) in [5.41, 5.74) is 1.20. The van der Waals surface area contributed by atoms with Crippen LogP contribution < -0.4 is 0 Å². The van der Waals surface area contributed by atoms with Gasteiger partial charge in [-0.15, -0.1) is 0 Å². The largest absolute Gasteiger partial charge is 0.394 e. The molecule has 58 heavy (non-hydrogen) atoms. The molecular weight excluding hydrogens is 721 g/mol. The smallest absolute Gasteiger partial charge is 0.104 e. The molecule has 1 aromatic carbocycles. The summed E-state index contributed by atoms with van der Waals surface area (Å²) in [6, 6.07) is 10.4. The van der Waals surface area contributed by atoms with Gasteiger partial charge in [-0.1, -0.05) is 187 Å². The van der Waals surface area contributed by atoms with Gasteiger partial charge in [-0.2, -0.15) is 0 Å². The normalized spacial score (nSPS) is 18.0. The molecule has 1 aliphatic carbocycles. The van der Waals surface area contributed by atoms with E-state index in [1.807, 2.05) is 6.07 Å². The van der Waals surface area contributed by atoms with E-state index in [2.05, 4.69) is 65.8 Å². The summed E-state index contributed by atoms with van der Waals surface area (Å²) in [6.07, 6.45) is 30.0. The average Bonchev–Trinajstić information content (AvgIpc) is 3.66. The maximum absolute atomic E-state index is 9.68. The van der Waals surface area contributed by atoms with E-state index in [0.29, 0.717) is 38.3 Å². The van der Waals surface area contributed by atoms with Crippen molar-refractivity contribution < 1.29 is 28.8 Å². The SMILES string of the molecule is CC(C)CCC[C@@H](C)CCO[C@@H](COCCCCCCC[C@H]1CC[C@@H](CCCCCCCOC[C@@H](CO)OCC[C@H](C)CCCC(C)C)C1)COCc1ccccc1. The van der Waals surface area contributed by atoms with Gasteiger partial charge in [0.15, 0.2) is 0 Å². The Hall–Kier alpha value is -1.02. The van der Waals surface area contributed by atoms with Crippen molar-refractivity contribution in [1.29, 1.82) is 0 Å². The van der Waals surface area contributed by atoms with Gasteiger partial charge in [0.2, 0.25) is 0 Å². The quantitative estimate of drug-likeness (QED) is 0.0664. The van der Waals surface area contributed by atoms with Gasteiger partial charge in [0.05, 0.1) is 33.0 Å². The topological polar surface area (TPSA) is 66.4 Å². The van der Waals surface area contributed by atoms with E-state index >= 15 is 0 Å². The number of ether oxygens (including phenoxy) is 5. The molecule has 0 bridgehead atoms. The Labute approximate surface area is 360 Å². The molecule has 6 nitrogen and oxygen atoms in total.